The van der Waals surface area contributed by atoms with Crippen LogP contribution in [0.25, 0.3) is 10.9 Å². The maximum Gasteiger partial charge on any atom is 0.146 e. The minimum absolute atomic E-state index is 0.0915. The molecule has 2 aromatic carbocycles. The summed E-state index contributed by atoms with van der Waals surface area (Å²) in [5, 5.41) is 5.62. The molecule has 2 N–H and O–H groups in total. The SMILES string of the molecule is Cn1nc(CC(N)c2cccc(Cl)c2F)c2ccccc21. The van der Waals surface area contributed by atoms with Crippen molar-refractivity contribution in [3.05, 3.63) is 64.6 Å². The van der Waals surface area contributed by atoms with Gasteiger partial charge in [-0.15, -0.1) is 0 Å². The number of nitrogens with two attached hydrogens (primary N) is 1. The fraction of sp³-hybridized carbons (Fsp3) is 0.188. The Morgan fingerprint density at radius 2 is 2.00 bits per heavy atom. The van der Waals surface area contributed by atoms with Crippen LogP contribution < -0.4 is 5.73 Å². The molecule has 0 aliphatic carbocycles. The lowest BCUT2D eigenvalue weighted by atomic mass is 10.0. The topological polar surface area (TPSA) is 43.8 Å². The number of hydrogen-bond acceptors (Lipinski definition) is 2. The zero-order chi connectivity index (χ0) is 15.0. The van der Waals surface area contributed by atoms with E-state index in [4.69, 9.17) is 17.3 Å². The molecule has 0 bridgehead atoms. The van der Waals surface area contributed by atoms with Crippen LogP contribution in [-0.2, 0) is 13.5 Å². The highest BCUT2D eigenvalue weighted by molar-refractivity contribution is 6.30. The third-order valence-corrected chi connectivity index (χ3v) is 3.92. The first-order valence-electron chi connectivity index (χ1n) is 6.68. The van der Waals surface area contributed by atoms with Crippen LogP contribution in [0.1, 0.15) is 17.3 Å². The van der Waals surface area contributed by atoms with E-state index in [0.717, 1.165) is 16.6 Å². The highest BCUT2D eigenvalue weighted by Gasteiger charge is 2.17. The fourth-order valence-electron chi connectivity index (χ4n) is 2.56. The van der Waals surface area contributed by atoms with Crippen LogP contribution in [0.3, 0.4) is 0 Å². The Kier molecular flexibility index (Phi) is 3.66. The lowest BCUT2D eigenvalue weighted by Crippen LogP contribution is -2.15. The van der Waals surface area contributed by atoms with Crippen LogP contribution in [0.2, 0.25) is 5.02 Å². The van der Waals surface area contributed by atoms with Crippen molar-refractivity contribution in [3.63, 3.8) is 0 Å². The molecule has 0 fully saturated rings. The highest BCUT2D eigenvalue weighted by Crippen LogP contribution is 2.26. The van der Waals surface area contributed by atoms with Gasteiger partial charge in [-0.3, -0.25) is 4.68 Å². The van der Waals surface area contributed by atoms with Crippen molar-refractivity contribution in [3.8, 4) is 0 Å². The fourth-order valence-corrected chi connectivity index (χ4v) is 2.75. The van der Waals surface area contributed by atoms with Crippen LogP contribution in [0.4, 0.5) is 4.39 Å². The Labute approximate surface area is 127 Å². The number of rotatable bonds is 3. The molecule has 108 valence electrons. The summed E-state index contributed by atoms with van der Waals surface area (Å²) in [6.07, 6.45) is 0.457. The number of halogens is 2. The molecule has 1 atom stereocenters. The summed E-state index contributed by atoms with van der Waals surface area (Å²) in [5.74, 6) is -0.452. The van der Waals surface area contributed by atoms with Gasteiger partial charge >= 0.3 is 0 Å². The lowest BCUT2D eigenvalue weighted by Gasteiger charge is -2.12. The van der Waals surface area contributed by atoms with E-state index in [0.29, 0.717) is 12.0 Å². The van der Waals surface area contributed by atoms with Crippen molar-refractivity contribution in [2.45, 2.75) is 12.5 Å². The van der Waals surface area contributed by atoms with E-state index in [1.165, 1.54) is 6.07 Å². The Morgan fingerprint density at radius 1 is 1.24 bits per heavy atom. The minimum Gasteiger partial charge on any atom is -0.324 e. The number of hydrogen-bond donors (Lipinski definition) is 1. The second-order valence-electron chi connectivity index (χ2n) is 5.04. The van der Waals surface area contributed by atoms with Crippen LogP contribution in [0.15, 0.2) is 42.5 Å². The predicted molar refractivity (Wildman–Crippen MR) is 82.8 cm³/mol. The predicted octanol–water partition coefficient (Wildman–Crippen LogP) is 3.61. The van der Waals surface area contributed by atoms with E-state index in [1.54, 1.807) is 12.1 Å². The number of para-hydroxylation sites is 1. The van der Waals surface area contributed by atoms with Gasteiger partial charge in [-0.05, 0) is 12.1 Å². The van der Waals surface area contributed by atoms with Gasteiger partial charge in [0, 0.05) is 30.5 Å². The van der Waals surface area contributed by atoms with E-state index < -0.39 is 11.9 Å². The number of benzene rings is 2. The van der Waals surface area contributed by atoms with Crippen LogP contribution >= 0.6 is 11.6 Å². The molecule has 3 aromatic rings. The molecule has 1 heterocycles. The van der Waals surface area contributed by atoms with Gasteiger partial charge in [0.05, 0.1) is 16.2 Å². The zero-order valence-electron chi connectivity index (χ0n) is 11.6. The molecule has 21 heavy (non-hydrogen) atoms. The van der Waals surface area contributed by atoms with Gasteiger partial charge in [0.2, 0.25) is 0 Å². The molecule has 0 aliphatic rings. The first kappa shape index (κ1) is 14.0. The van der Waals surface area contributed by atoms with E-state index >= 15 is 0 Å². The molecular formula is C16H15ClFN3. The molecule has 0 aliphatic heterocycles. The molecule has 0 saturated heterocycles. The van der Waals surface area contributed by atoms with Gasteiger partial charge in [-0.2, -0.15) is 5.10 Å². The summed E-state index contributed by atoms with van der Waals surface area (Å²) in [5.41, 5.74) is 8.46. The number of aryl methyl sites for hydroxylation is 1. The van der Waals surface area contributed by atoms with Gasteiger partial charge in [0.25, 0.3) is 0 Å². The average molecular weight is 304 g/mol. The maximum absolute atomic E-state index is 14.0. The second-order valence-corrected chi connectivity index (χ2v) is 5.45. The van der Waals surface area contributed by atoms with E-state index in [9.17, 15) is 4.39 Å². The summed E-state index contributed by atoms with van der Waals surface area (Å²) in [6.45, 7) is 0. The number of nitrogens with zero attached hydrogens (tertiary/aromatic N) is 2. The van der Waals surface area contributed by atoms with Gasteiger partial charge in [0.1, 0.15) is 5.82 Å². The van der Waals surface area contributed by atoms with Gasteiger partial charge < -0.3 is 5.73 Å². The Morgan fingerprint density at radius 3 is 2.81 bits per heavy atom. The quantitative estimate of drug-likeness (QED) is 0.803. The molecular weight excluding hydrogens is 289 g/mol. The van der Waals surface area contributed by atoms with Crippen molar-refractivity contribution in [2.24, 2.45) is 12.8 Å². The van der Waals surface area contributed by atoms with E-state index in [1.807, 2.05) is 36.0 Å². The first-order chi connectivity index (χ1) is 10.1. The first-order valence-corrected chi connectivity index (χ1v) is 7.06. The lowest BCUT2D eigenvalue weighted by molar-refractivity contribution is 0.577. The van der Waals surface area contributed by atoms with Crippen molar-refractivity contribution in [2.75, 3.05) is 0 Å². The summed E-state index contributed by atoms with van der Waals surface area (Å²) in [6, 6.07) is 12.3. The maximum atomic E-state index is 14.0. The van der Waals surface area contributed by atoms with Gasteiger partial charge in [-0.25, -0.2) is 4.39 Å². The summed E-state index contributed by atoms with van der Waals surface area (Å²) >= 11 is 5.81. The summed E-state index contributed by atoms with van der Waals surface area (Å²) < 4.78 is 15.8. The molecule has 1 aromatic heterocycles. The standard InChI is InChI=1S/C16H15ClFN3/c1-21-15-8-3-2-5-11(15)14(20-21)9-13(19)10-6-4-7-12(17)16(10)18/h2-8,13H,9,19H2,1H3. The normalized spacial score (nSPS) is 12.8. The van der Waals surface area contributed by atoms with Crippen molar-refractivity contribution in [1.29, 1.82) is 0 Å². The van der Waals surface area contributed by atoms with E-state index in [-0.39, 0.29) is 5.02 Å². The van der Waals surface area contributed by atoms with Crippen molar-refractivity contribution in [1.82, 2.24) is 9.78 Å². The van der Waals surface area contributed by atoms with Crippen molar-refractivity contribution < 1.29 is 4.39 Å². The molecule has 3 rings (SSSR count). The van der Waals surface area contributed by atoms with Crippen LogP contribution in [-0.4, -0.2) is 9.78 Å². The molecule has 3 nitrogen and oxygen atoms in total. The molecule has 5 heteroatoms. The number of fused-ring (bicyclic) bond motifs is 1. The average Bonchev–Trinajstić information content (AvgIpc) is 2.79. The third-order valence-electron chi connectivity index (χ3n) is 3.63. The Hall–Kier alpha value is -1.91. The zero-order valence-corrected chi connectivity index (χ0v) is 12.3. The molecule has 0 saturated carbocycles. The van der Waals surface area contributed by atoms with Gasteiger partial charge in [0.15, 0.2) is 0 Å². The highest BCUT2D eigenvalue weighted by atomic mass is 35.5. The minimum atomic E-state index is -0.484. The second kappa shape index (κ2) is 5.47. The molecule has 0 spiro atoms. The van der Waals surface area contributed by atoms with Gasteiger partial charge in [-0.1, -0.05) is 41.9 Å². The van der Waals surface area contributed by atoms with Crippen molar-refractivity contribution >= 4 is 22.5 Å². The molecule has 1 unspecified atom stereocenters. The van der Waals surface area contributed by atoms with E-state index in [2.05, 4.69) is 5.10 Å². The molecule has 0 radical (unpaired) electrons. The Bertz CT molecular complexity index is 797. The summed E-state index contributed by atoms with van der Waals surface area (Å²) in [4.78, 5) is 0. The third kappa shape index (κ3) is 2.52. The number of aromatic nitrogens is 2. The smallest absolute Gasteiger partial charge is 0.146 e. The van der Waals surface area contributed by atoms with Crippen LogP contribution in [0, 0.1) is 5.82 Å². The monoisotopic (exact) mass is 303 g/mol. The Balaban J connectivity index is 1.97. The largest absolute Gasteiger partial charge is 0.324 e. The molecule has 0 amide bonds. The summed E-state index contributed by atoms with van der Waals surface area (Å²) in [7, 11) is 1.89. The van der Waals surface area contributed by atoms with Crippen LogP contribution in [0.5, 0.6) is 0 Å².